The van der Waals surface area contributed by atoms with Crippen molar-refractivity contribution in [3.05, 3.63) is 64.1 Å². The molecule has 2 rings (SSSR count). The van der Waals surface area contributed by atoms with Gasteiger partial charge in [-0.05, 0) is 40.5 Å². The topological polar surface area (TPSA) is 12.0 Å². The number of hydrogen-bond acceptors (Lipinski definition) is 1. The Bertz CT molecular complexity index is 555. The lowest BCUT2D eigenvalue weighted by Gasteiger charge is -2.18. The normalized spacial score (nSPS) is 11.4. The van der Waals surface area contributed by atoms with Crippen LogP contribution in [0.25, 0.3) is 0 Å². The summed E-state index contributed by atoms with van der Waals surface area (Å²) in [6, 6.07) is 13.4. The lowest BCUT2D eigenvalue weighted by atomic mass is 10.1. The zero-order valence-electron chi connectivity index (χ0n) is 10.5. The molecular weight excluding hydrogens is 312 g/mol. The van der Waals surface area contributed by atoms with Crippen molar-refractivity contribution in [2.45, 2.75) is 12.8 Å². The third-order valence-corrected chi connectivity index (χ3v) is 3.48. The van der Waals surface area contributed by atoms with Crippen LogP contribution in [0.15, 0.2) is 53.0 Å². The standard InChI is InChI=1S/C15H14BrF2N/c1-11-7-8-14(13(16)9-11)19-10-15(17,18)12-5-3-2-4-6-12/h2-9,19H,10H2,1H3. The predicted octanol–water partition coefficient (Wildman–Crippen LogP) is 4.96. The molecule has 1 nitrogen and oxygen atoms in total. The van der Waals surface area contributed by atoms with Crippen LogP contribution in [0.2, 0.25) is 0 Å². The van der Waals surface area contributed by atoms with E-state index < -0.39 is 12.5 Å². The molecule has 0 saturated heterocycles. The lowest BCUT2D eigenvalue weighted by molar-refractivity contribution is 0.0106. The SMILES string of the molecule is Cc1ccc(NCC(F)(F)c2ccccc2)c(Br)c1. The highest BCUT2D eigenvalue weighted by Gasteiger charge is 2.31. The van der Waals surface area contributed by atoms with E-state index in [0.717, 1.165) is 10.0 Å². The number of aryl methyl sites for hydroxylation is 1. The third-order valence-electron chi connectivity index (χ3n) is 2.82. The molecule has 1 N–H and O–H groups in total. The van der Waals surface area contributed by atoms with Crippen LogP contribution in [0.5, 0.6) is 0 Å². The average Bonchev–Trinajstić information content (AvgIpc) is 2.39. The summed E-state index contributed by atoms with van der Waals surface area (Å²) in [5.74, 6) is -2.90. The molecule has 0 saturated carbocycles. The fourth-order valence-corrected chi connectivity index (χ4v) is 2.39. The molecule has 0 aliphatic carbocycles. The van der Waals surface area contributed by atoms with Crippen molar-refractivity contribution in [3.63, 3.8) is 0 Å². The minimum atomic E-state index is -2.90. The van der Waals surface area contributed by atoms with Gasteiger partial charge >= 0.3 is 0 Å². The van der Waals surface area contributed by atoms with E-state index in [9.17, 15) is 8.78 Å². The Morgan fingerprint density at radius 1 is 1.11 bits per heavy atom. The summed E-state index contributed by atoms with van der Waals surface area (Å²) in [7, 11) is 0. The summed E-state index contributed by atoms with van der Waals surface area (Å²) in [4.78, 5) is 0. The van der Waals surface area contributed by atoms with Crippen LogP contribution >= 0.6 is 15.9 Å². The zero-order valence-corrected chi connectivity index (χ0v) is 12.0. The summed E-state index contributed by atoms with van der Waals surface area (Å²) in [5, 5.41) is 2.78. The zero-order chi connectivity index (χ0) is 13.9. The minimum Gasteiger partial charge on any atom is -0.378 e. The first-order chi connectivity index (χ1) is 8.99. The molecule has 2 aromatic rings. The third kappa shape index (κ3) is 3.53. The maximum absolute atomic E-state index is 14.0. The lowest BCUT2D eigenvalue weighted by Crippen LogP contribution is -2.24. The number of anilines is 1. The van der Waals surface area contributed by atoms with Crippen molar-refractivity contribution < 1.29 is 8.78 Å². The van der Waals surface area contributed by atoms with Gasteiger partial charge in [-0.25, -0.2) is 0 Å². The van der Waals surface area contributed by atoms with Crippen molar-refractivity contribution in [1.29, 1.82) is 0 Å². The van der Waals surface area contributed by atoms with Gasteiger partial charge in [0.15, 0.2) is 0 Å². The fraction of sp³-hybridized carbons (Fsp3) is 0.200. The summed E-state index contributed by atoms with van der Waals surface area (Å²) in [6.45, 7) is 1.52. The van der Waals surface area contributed by atoms with Crippen molar-refractivity contribution >= 4 is 21.6 Å². The van der Waals surface area contributed by atoms with Gasteiger partial charge in [0.2, 0.25) is 0 Å². The summed E-state index contributed by atoms with van der Waals surface area (Å²) in [5.41, 5.74) is 1.76. The second kappa shape index (κ2) is 5.70. The molecule has 2 aromatic carbocycles. The highest BCUT2D eigenvalue weighted by molar-refractivity contribution is 9.10. The second-order valence-electron chi connectivity index (χ2n) is 4.41. The van der Waals surface area contributed by atoms with E-state index in [0.29, 0.717) is 5.69 Å². The maximum Gasteiger partial charge on any atom is 0.290 e. The van der Waals surface area contributed by atoms with Crippen molar-refractivity contribution in [2.75, 3.05) is 11.9 Å². The number of halogens is 3. The first-order valence-electron chi connectivity index (χ1n) is 5.92. The van der Waals surface area contributed by atoms with E-state index in [4.69, 9.17) is 0 Å². The number of nitrogens with one attached hydrogen (secondary N) is 1. The van der Waals surface area contributed by atoms with Gasteiger partial charge in [0, 0.05) is 15.7 Å². The molecule has 0 heterocycles. The Morgan fingerprint density at radius 2 is 1.79 bits per heavy atom. The summed E-state index contributed by atoms with van der Waals surface area (Å²) in [6.07, 6.45) is 0. The maximum atomic E-state index is 14.0. The summed E-state index contributed by atoms with van der Waals surface area (Å²) < 4.78 is 28.7. The van der Waals surface area contributed by atoms with Crippen LogP contribution in [0.1, 0.15) is 11.1 Å². The molecule has 100 valence electrons. The highest BCUT2D eigenvalue weighted by atomic mass is 79.9. The van der Waals surface area contributed by atoms with Gasteiger partial charge in [-0.15, -0.1) is 0 Å². The van der Waals surface area contributed by atoms with E-state index in [1.54, 1.807) is 24.3 Å². The molecule has 0 aromatic heterocycles. The van der Waals surface area contributed by atoms with Crippen molar-refractivity contribution in [2.24, 2.45) is 0 Å². The van der Waals surface area contributed by atoms with Gasteiger partial charge in [0.25, 0.3) is 5.92 Å². The van der Waals surface area contributed by atoms with E-state index in [1.807, 2.05) is 19.1 Å². The van der Waals surface area contributed by atoms with Gasteiger partial charge < -0.3 is 5.32 Å². The fourth-order valence-electron chi connectivity index (χ4n) is 1.75. The van der Waals surface area contributed by atoms with Gasteiger partial charge in [-0.3, -0.25) is 0 Å². The number of hydrogen-bond donors (Lipinski definition) is 1. The van der Waals surface area contributed by atoms with Crippen LogP contribution in [-0.4, -0.2) is 6.54 Å². The van der Waals surface area contributed by atoms with Crippen LogP contribution in [-0.2, 0) is 5.92 Å². The monoisotopic (exact) mass is 325 g/mol. The van der Waals surface area contributed by atoms with Gasteiger partial charge in [0.05, 0.1) is 6.54 Å². The van der Waals surface area contributed by atoms with E-state index in [-0.39, 0.29) is 5.56 Å². The first-order valence-corrected chi connectivity index (χ1v) is 6.72. The number of alkyl halides is 2. The molecule has 19 heavy (non-hydrogen) atoms. The molecule has 0 spiro atoms. The molecular formula is C15H14BrF2N. The average molecular weight is 326 g/mol. The van der Waals surface area contributed by atoms with Gasteiger partial charge in [-0.1, -0.05) is 36.4 Å². The van der Waals surface area contributed by atoms with Crippen LogP contribution in [0.3, 0.4) is 0 Å². The summed E-state index contributed by atoms with van der Waals surface area (Å²) >= 11 is 3.36. The molecule has 0 amide bonds. The quantitative estimate of drug-likeness (QED) is 0.837. The van der Waals surface area contributed by atoms with E-state index >= 15 is 0 Å². The van der Waals surface area contributed by atoms with Crippen LogP contribution < -0.4 is 5.32 Å². The van der Waals surface area contributed by atoms with Gasteiger partial charge in [0.1, 0.15) is 0 Å². The highest BCUT2D eigenvalue weighted by Crippen LogP contribution is 2.30. The molecule has 0 aliphatic rings. The van der Waals surface area contributed by atoms with E-state index in [1.165, 1.54) is 12.1 Å². The Balaban J connectivity index is 2.09. The Labute approximate surface area is 119 Å². The molecule has 0 atom stereocenters. The van der Waals surface area contributed by atoms with Crippen LogP contribution in [0, 0.1) is 6.92 Å². The van der Waals surface area contributed by atoms with E-state index in [2.05, 4.69) is 21.2 Å². The van der Waals surface area contributed by atoms with Crippen LogP contribution in [0.4, 0.5) is 14.5 Å². The largest absolute Gasteiger partial charge is 0.378 e. The smallest absolute Gasteiger partial charge is 0.290 e. The molecule has 0 unspecified atom stereocenters. The Kier molecular flexibility index (Phi) is 4.20. The minimum absolute atomic E-state index is 0.0192. The molecule has 0 radical (unpaired) electrons. The number of rotatable bonds is 4. The molecule has 4 heteroatoms. The van der Waals surface area contributed by atoms with Gasteiger partial charge in [-0.2, -0.15) is 8.78 Å². The van der Waals surface area contributed by atoms with Crippen molar-refractivity contribution in [1.82, 2.24) is 0 Å². The first kappa shape index (κ1) is 14.0. The molecule has 0 bridgehead atoms. The Hall–Kier alpha value is -1.42. The van der Waals surface area contributed by atoms with Crippen molar-refractivity contribution in [3.8, 4) is 0 Å². The second-order valence-corrected chi connectivity index (χ2v) is 5.26. The molecule has 0 fully saturated rings. The Morgan fingerprint density at radius 3 is 2.42 bits per heavy atom. The predicted molar refractivity (Wildman–Crippen MR) is 77.7 cm³/mol. The number of benzene rings is 2. The molecule has 0 aliphatic heterocycles.